The number of fused-ring (bicyclic) bond motifs is 1. The molecule has 0 unspecified atom stereocenters. The number of carbonyl (C=O) groups excluding carboxylic acids is 2. The molecule has 0 aliphatic carbocycles. The van der Waals surface area contributed by atoms with E-state index in [-0.39, 0.29) is 18.5 Å². The van der Waals surface area contributed by atoms with Crippen LogP contribution in [0.3, 0.4) is 0 Å². The van der Waals surface area contributed by atoms with Gasteiger partial charge < -0.3 is 20.4 Å². The summed E-state index contributed by atoms with van der Waals surface area (Å²) in [6.07, 6.45) is -3.95. The number of hydrogen-bond donors (Lipinski definition) is 3. The Morgan fingerprint density at radius 2 is 1.91 bits per heavy atom. The van der Waals surface area contributed by atoms with Crippen molar-refractivity contribution in [3.8, 4) is 0 Å². The molecule has 0 spiro atoms. The summed E-state index contributed by atoms with van der Waals surface area (Å²) in [5, 5.41) is 7.12. The first kappa shape index (κ1) is 25.6. The van der Waals surface area contributed by atoms with Crippen LogP contribution >= 0.6 is 11.6 Å². The molecule has 3 N–H and O–H groups in total. The number of rotatable bonds is 9. The van der Waals surface area contributed by atoms with E-state index in [1.807, 2.05) is 26.1 Å². The molecule has 2 atom stereocenters. The maximum Gasteiger partial charge on any atom is 0.490 e. The Bertz CT molecular complexity index is 1160. The van der Waals surface area contributed by atoms with Gasteiger partial charge in [-0.1, -0.05) is 35.9 Å². The van der Waals surface area contributed by atoms with Crippen LogP contribution in [0.4, 0.5) is 13.2 Å². The minimum absolute atomic E-state index is 0.0458. The summed E-state index contributed by atoms with van der Waals surface area (Å²) in [5.41, 5.74) is 2.54. The highest BCUT2D eigenvalue weighted by Gasteiger charge is 2.42. The van der Waals surface area contributed by atoms with E-state index in [1.54, 1.807) is 30.3 Å². The second kappa shape index (κ2) is 10.9. The van der Waals surface area contributed by atoms with Gasteiger partial charge in [-0.3, -0.25) is 4.79 Å². The number of benzene rings is 2. The molecule has 34 heavy (non-hydrogen) atoms. The van der Waals surface area contributed by atoms with Crippen molar-refractivity contribution in [3.05, 3.63) is 70.4 Å². The lowest BCUT2D eigenvalue weighted by Gasteiger charge is -2.22. The lowest BCUT2D eigenvalue weighted by Crippen LogP contribution is -2.35. The number of H-pyrrole nitrogens is 1. The number of esters is 1. The molecule has 3 rings (SSSR count). The zero-order chi connectivity index (χ0) is 24.9. The van der Waals surface area contributed by atoms with Gasteiger partial charge in [-0.2, -0.15) is 13.2 Å². The van der Waals surface area contributed by atoms with Crippen molar-refractivity contribution in [1.29, 1.82) is 0 Å². The van der Waals surface area contributed by atoms with Gasteiger partial charge >= 0.3 is 12.1 Å². The molecule has 1 heterocycles. The molecule has 0 fully saturated rings. The van der Waals surface area contributed by atoms with Crippen molar-refractivity contribution >= 4 is 34.4 Å². The number of carbonyl (C=O) groups is 2. The predicted octanol–water partition coefficient (Wildman–Crippen LogP) is 4.94. The summed E-state index contributed by atoms with van der Waals surface area (Å²) in [6.45, 7) is 4.17. The Kier molecular flexibility index (Phi) is 8.22. The molecule has 0 saturated heterocycles. The van der Waals surface area contributed by atoms with Crippen LogP contribution in [-0.4, -0.2) is 42.2 Å². The van der Waals surface area contributed by atoms with Crippen LogP contribution in [0.1, 0.15) is 41.4 Å². The molecule has 0 saturated carbocycles. The van der Waals surface area contributed by atoms with Crippen LogP contribution in [0.5, 0.6) is 0 Å². The summed E-state index contributed by atoms with van der Waals surface area (Å²) in [5.74, 6) is -2.44. The van der Waals surface area contributed by atoms with Gasteiger partial charge in [0.15, 0.2) is 0 Å². The molecule has 182 valence electrons. The van der Waals surface area contributed by atoms with E-state index in [1.165, 1.54) is 6.07 Å². The van der Waals surface area contributed by atoms with Crippen molar-refractivity contribution in [2.75, 3.05) is 13.1 Å². The number of halogens is 4. The van der Waals surface area contributed by atoms with Crippen LogP contribution in [0.2, 0.25) is 5.02 Å². The van der Waals surface area contributed by atoms with E-state index >= 15 is 0 Å². The van der Waals surface area contributed by atoms with E-state index < -0.39 is 18.2 Å². The summed E-state index contributed by atoms with van der Waals surface area (Å²) in [4.78, 5) is 26.9. The number of amides is 1. The fourth-order valence-electron chi connectivity index (χ4n) is 3.67. The molecule has 0 radical (unpaired) electrons. The minimum Gasteiger partial charge on any atom is -0.449 e. The number of alkyl halides is 3. The third kappa shape index (κ3) is 6.30. The second-order valence-electron chi connectivity index (χ2n) is 7.86. The van der Waals surface area contributed by atoms with Crippen molar-refractivity contribution < 1.29 is 27.5 Å². The SMILES string of the molecule is CCNC(=O)c1cccc2c(C[C@@H](C)NC[C@@H](OC(=O)C(F)(F)F)c3cccc(Cl)c3)c[nH]c12. The van der Waals surface area contributed by atoms with E-state index in [0.717, 1.165) is 10.9 Å². The topological polar surface area (TPSA) is 83.2 Å². The first-order valence-electron chi connectivity index (χ1n) is 10.7. The van der Waals surface area contributed by atoms with Crippen molar-refractivity contribution in [2.24, 2.45) is 0 Å². The zero-order valence-corrected chi connectivity index (χ0v) is 19.4. The van der Waals surface area contributed by atoms with E-state index in [2.05, 4.69) is 15.6 Å². The average Bonchev–Trinajstić information content (AvgIpc) is 3.18. The molecular weight excluding hydrogens is 471 g/mol. The lowest BCUT2D eigenvalue weighted by atomic mass is 10.0. The predicted molar refractivity (Wildman–Crippen MR) is 124 cm³/mol. The minimum atomic E-state index is -5.10. The number of aromatic nitrogens is 1. The summed E-state index contributed by atoms with van der Waals surface area (Å²) >= 11 is 5.97. The normalized spacial score (nSPS) is 13.5. The Labute approximate surface area is 199 Å². The molecule has 10 heteroatoms. The third-order valence-corrected chi connectivity index (χ3v) is 5.50. The summed E-state index contributed by atoms with van der Waals surface area (Å²) < 4.78 is 43.1. The number of aromatic amines is 1. The van der Waals surface area contributed by atoms with Crippen LogP contribution in [0.25, 0.3) is 10.9 Å². The van der Waals surface area contributed by atoms with Gasteiger partial charge in [0.25, 0.3) is 5.91 Å². The molecule has 1 amide bonds. The van der Waals surface area contributed by atoms with E-state index in [9.17, 15) is 22.8 Å². The van der Waals surface area contributed by atoms with Crippen LogP contribution in [0.15, 0.2) is 48.7 Å². The Morgan fingerprint density at radius 3 is 2.59 bits per heavy atom. The van der Waals surface area contributed by atoms with Gasteiger partial charge in [0.2, 0.25) is 0 Å². The Morgan fingerprint density at radius 1 is 1.18 bits per heavy atom. The van der Waals surface area contributed by atoms with Gasteiger partial charge in [0.05, 0.1) is 11.1 Å². The first-order chi connectivity index (χ1) is 16.1. The van der Waals surface area contributed by atoms with Gasteiger partial charge in [-0.15, -0.1) is 0 Å². The van der Waals surface area contributed by atoms with Crippen LogP contribution < -0.4 is 10.6 Å². The number of ether oxygens (including phenoxy) is 1. The molecule has 3 aromatic rings. The molecule has 1 aromatic heterocycles. The maximum absolute atomic E-state index is 12.8. The average molecular weight is 496 g/mol. The highest BCUT2D eigenvalue weighted by atomic mass is 35.5. The number of para-hydroxylation sites is 1. The maximum atomic E-state index is 12.8. The van der Waals surface area contributed by atoms with Crippen molar-refractivity contribution in [2.45, 2.75) is 38.6 Å². The van der Waals surface area contributed by atoms with E-state index in [0.29, 0.717) is 34.6 Å². The van der Waals surface area contributed by atoms with Gasteiger partial charge in [-0.05, 0) is 49.6 Å². The first-order valence-corrected chi connectivity index (χ1v) is 11.1. The van der Waals surface area contributed by atoms with Crippen LogP contribution in [-0.2, 0) is 16.0 Å². The van der Waals surface area contributed by atoms with Gasteiger partial charge in [0, 0.05) is 35.7 Å². The van der Waals surface area contributed by atoms with Crippen molar-refractivity contribution in [3.63, 3.8) is 0 Å². The molecule has 0 aliphatic rings. The standard InChI is InChI=1S/C24H25ClF3N3O3/c1-3-29-22(32)19-9-5-8-18-16(12-31-21(18)19)10-14(2)30-13-20(34-23(33)24(26,27)28)15-6-4-7-17(25)11-15/h4-9,11-12,14,20,30-31H,3,10,13H2,1-2H3,(H,29,32)/t14-,20-/m1/s1. The molecular formula is C24H25ClF3N3O3. The highest BCUT2D eigenvalue weighted by molar-refractivity contribution is 6.30. The van der Waals surface area contributed by atoms with Gasteiger partial charge in [0.1, 0.15) is 6.10 Å². The smallest absolute Gasteiger partial charge is 0.449 e. The largest absolute Gasteiger partial charge is 0.490 e. The number of hydrogen-bond acceptors (Lipinski definition) is 4. The van der Waals surface area contributed by atoms with Crippen LogP contribution in [0, 0.1) is 0 Å². The Balaban J connectivity index is 1.73. The fraction of sp³-hybridized carbons (Fsp3) is 0.333. The quantitative estimate of drug-likeness (QED) is 0.367. The molecule has 0 aliphatic heterocycles. The molecule has 2 aromatic carbocycles. The second-order valence-corrected chi connectivity index (χ2v) is 8.30. The summed E-state index contributed by atoms with van der Waals surface area (Å²) in [7, 11) is 0. The van der Waals surface area contributed by atoms with Crippen molar-refractivity contribution in [1.82, 2.24) is 15.6 Å². The number of nitrogens with one attached hydrogen (secondary N) is 3. The third-order valence-electron chi connectivity index (χ3n) is 5.26. The Hall–Kier alpha value is -3.04. The molecule has 6 nitrogen and oxygen atoms in total. The van der Waals surface area contributed by atoms with E-state index in [4.69, 9.17) is 16.3 Å². The zero-order valence-electron chi connectivity index (χ0n) is 18.6. The fourth-order valence-corrected chi connectivity index (χ4v) is 3.87. The monoisotopic (exact) mass is 495 g/mol. The van der Waals surface area contributed by atoms with Gasteiger partial charge in [-0.25, -0.2) is 4.79 Å². The molecule has 0 bridgehead atoms. The highest BCUT2D eigenvalue weighted by Crippen LogP contribution is 2.26. The summed E-state index contributed by atoms with van der Waals surface area (Å²) in [6, 6.07) is 11.4. The lowest BCUT2D eigenvalue weighted by molar-refractivity contribution is -0.205.